The van der Waals surface area contributed by atoms with E-state index in [-0.39, 0.29) is 5.78 Å². The summed E-state index contributed by atoms with van der Waals surface area (Å²) in [5.41, 5.74) is 1.84. The second-order valence-corrected chi connectivity index (χ2v) is 5.32. The van der Waals surface area contributed by atoms with Crippen LogP contribution in [0.3, 0.4) is 0 Å². The van der Waals surface area contributed by atoms with Crippen molar-refractivity contribution in [3.8, 4) is 5.75 Å². The highest BCUT2D eigenvalue weighted by atomic mass is 16.5. The second kappa shape index (κ2) is 8.11. The number of rotatable bonds is 6. The number of methoxy groups -OCH3 is 1. The van der Waals surface area contributed by atoms with Crippen LogP contribution in [0.1, 0.15) is 25.0 Å². The molecule has 24 heavy (non-hydrogen) atoms. The van der Waals surface area contributed by atoms with E-state index in [1.54, 1.807) is 20.1 Å². The Morgan fingerprint density at radius 3 is 2.25 bits per heavy atom. The van der Waals surface area contributed by atoms with Gasteiger partial charge in [0.15, 0.2) is 11.9 Å². The lowest BCUT2D eigenvalue weighted by Crippen LogP contribution is -2.22. The van der Waals surface area contributed by atoms with Gasteiger partial charge in [-0.1, -0.05) is 48.5 Å². The summed E-state index contributed by atoms with van der Waals surface area (Å²) in [4.78, 5) is 24.0. The van der Waals surface area contributed by atoms with Gasteiger partial charge in [0, 0.05) is 5.56 Å². The highest BCUT2D eigenvalue weighted by molar-refractivity contribution is 6.22. The molecule has 0 amide bonds. The summed E-state index contributed by atoms with van der Waals surface area (Å²) < 4.78 is 10.6. The van der Waals surface area contributed by atoms with Crippen LogP contribution < -0.4 is 4.74 Å². The predicted octanol–water partition coefficient (Wildman–Crippen LogP) is 3.76. The molecule has 0 fully saturated rings. The fourth-order valence-electron chi connectivity index (χ4n) is 2.13. The van der Waals surface area contributed by atoms with Crippen molar-refractivity contribution in [1.82, 2.24) is 0 Å². The van der Waals surface area contributed by atoms with Gasteiger partial charge in [0.1, 0.15) is 5.75 Å². The van der Waals surface area contributed by atoms with Crippen LogP contribution in [-0.4, -0.2) is 25.0 Å². The van der Waals surface area contributed by atoms with Crippen LogP contribution in [0.25, 0.3) is 11.6 Å². The van der Waals surface area contributed by atoms with Gasteiger partial charge in [-0.3, -0.25) is 4.79 Å². The van der Waals surface area contributed by atoms with E-state index in [4.69, 9.17) is 9.47 Å². The van der Waals surface area contributed by atoms with E-state index in [1.165, 1.54) is 6.92 Å². The lowest BCUT2D eigenvalue weighted by molar-refractivity contribution is -0.147. The zero-order valence-electron chi connectivity index (χ0n) is 14.0. The monoisotopic (exact) mass is 324 g/mol. The molecule has 4 heteroatoms. The Hall–Kier alpha value is -2.88. The Kier molecular flexibility index (Phi) is 5.90. The van der Waals surface area contributed by atoms with Gasteiger partial charge in [-0.2, -0.15) is 0 Å². The molecule has 0 saturated carbocycles. The van der Waals surface area contributed by atoms with E-state index in [0.717, 1.165) is 5.56 Å². The molecule has 0 aromatic heterocycles. The number of hydrogen-bond acceptors (Lipinski definition) is 4. The SMILES string of the molecule is COc1ccccc1/C=C(/C(=O)O[C@@H](C)C(C)=O)c1ccccc1. The van der Waals surface area contributed by atoms with Gasteiger partial charge < -0.3 is 9.47 Å². The van der Waals surface area contributed by atoms with Gasteiger partial charge in [0.25, 0.3) is 0 Å². The average molecular weight is 324 g/mol. The molecule has 4 nitrogen and oxygen atoms in total. The van der Waals surface area contributed by atoms with Crippen LogP contribution in [0, 0.1) is 0 Å². The predicted molar refractivity (Wildman–Crippen MR) is 93.5 cm³/mol. The minimum atomic E-state index is -0.790. The third-order valence-corrected chi connectivity index (χ3v) is 3.60. The normalized spacial score (nSPS) is 12.4. The van der Waals surface area contributed by atoms with Crippen LogP contribution >= 0.6 is 0 Å². The summed E-state index contributed by atoms with van der Waals surface area (Å²) in [6.07, 6.45) is 0.922. The lowest BCUT2D eigenvalue weighted by atomic mass is 10.0. The molecular formula is C20H20O4. The number of carbonyl (C=O) groups excluding carboxylic acids is 2. The van der Waals surface area contributed by atoms with Gasteiger partial charge in [-0.05, 0) is 31.6 Å². The van der Waals surface area contributed by atoms with Crippen LogP contribution in [0.2, 0.25) is 0 Å². The molecular weight excluding hydrogens is 304 g/mol. The van der Waals surface area contributed by atoms with E-state index in [0.29, 0.717) is 16.9 Å². The summed E-state index contributed by atoms with van der Waals surface area (Å²) in [5.74, 6) is -0.0961. The highest BCUT2D eigenvalue weighted by Crippen LogP contribution is 2.25. The number of para-hydroxylation sites is 1. The van der Waals surface area contributed by atoms with E-state index in [9.17, 15) is 9.59 Å². The first-order chi connectivity index (χ1) is 11.5. The molecule has 0 N–H and O–H groups in total. The largest absolute Gasteiger partial charge is 0.496 e. The highest BCUT2D eigenvalue weighted by Gasteiger charge is 2.19. The molecule has 1 atom stereocenters. The molecule has 0 aliphatic heterocycles. The molecule has 0 bridgehead atoms. The topological polar surface area (TPSA) is 52.6 Å². The Balaban J connectivity index is 2.45. The van der Waals surface area contributed by atoms with Crippen LogP contribution in [0.4, 0.5) is 0 Å². The van der Waals surface area contributed by atoms with Crippen molar-refractivity contribution in [1.29, 1.82) is 0 Å². The maximum atomic E-state index is 12.6. The smallest absolute Gasteiger partial charge is 0.339 e. The van der Waals surface area contributed by atoms with Crippen molar-refractivity contribution in [2.24, 2.45) is 0 Å². The van der Waals surface area contributed by atoms with Crippen molar-refractivity contribution in [3.63, 3.8) is 0 Å². The maximum absolute atomic E-state index is 12.6. The molecule has 0 aliphatic carbocycles. The summed E-state index contributed by atoms with van der Waals surface area (Å²) in [7, 11) is 1.57. The zero-order valence-corrected chi connectivity index (χ0v) is 14.0. The third kappa shape index (κ3) is 4.32. The molecule has 2 rings (SSSR count). The fourth-order valence-corrected chi connectivity index (χ4v) is 2.13. The van der Waals surface area contributed by atoms with Gasteiger partial charge >= 0.3 is 5.97 Å². The van der Waals surface area contributed by atoms with Crippen molar-refractivity contribution in [2.45, 2.75) is 20.0 Å². The van der Waals surface area contributed by atoms with Gasteiger partial charge in [0.2, 0.25) is 0 Å². The summed E-state index contributed by atoms with van der Waals surface area (Å²) in [5, 5.41) is 0. The molecule has 0 aliphatic rings. The van der Waals surface area contributed by atoms with Crippen LogP contribution in [-0.2, 0) is 14.3 Å². The van der Waals surface area contributed by atoms with E-state index < -0.39 is 12.1 Å². The Labute approximate surface area is 141 Å². The number of ether oxygens (including phenoxy) is 2. The second-order valence-electron chi connectivity index (χ2n) is 5.32. The van der Waals surface area contributed by atoms with Gasteiger partial charge in [0.05, 0.1) is 12.7 Å². The fraction of sp³-hybridized carbons (Fsp3) is 0.200. The zero-order chi connectivity index (χ0) is 17.5. The van der Waals surface area contributed by atoms with Gasteiger partial charge in [-0.25, -0.2) is 4.79 Å². The number of hydrogen-bond donors (Lipinski definition) is 0. The molecule has 0 heterocycles. The van der Waals surface area contributed by atoms with E-state index in [1.807, 2.05) is 54.6 Å². The first-order valence-electron chi connectivity index (χ1n) is 7.64. The minimum absolute atomic E-state index is 0.201. The molecule has 0 radical (unpaired) electrons. The summed E-state index contributed by atoms with van der Waals surface area (Å²) in [6.45, 7) is 2.95. The first kappa shape index (κ1) is 17.5. The number of Topliss-reactive ketones (excluding diaryl/α,β-unsaturated/α-hetero) is 1. The molecule has 0 saturated heterocycles. The maximum Gasteiger partial charge on any atom is 0.339 e. The molecule has 2 aromatic rings. The Bertz CT molecular complexity index is 747. The molecule has 2 aromatic carbocycles. The van der Waals surface area contributed by atoms with Crippen LogP contribution in [0.5, 0.6) is 5.75 Å². The third-order valence-electron chi connectivity index (χ3n) is 3.60. The number of esters is 1. The Morgan fingerprint density at radius 2 is 1.62 bits per heavy atom. The summed E-state index contributed by atoms with van der Waals surface area (Å²) in [6, 6.07) is 16.6. The number of ketones is 1. The molecule has 124 valence electrons. The number of carbonyl (C=O) groups is 2. The van der Waals surface area contributed by atoms with Crippen LogP contribution in [0.15, 0.2) is 54.6 Å². The quantitative estimate of drug-likeness (QED) is 0.461. The lowest BCUT2D eigenvalue weighted by Gasteiger charge is -2.13. The summed E-state index contributed by atoms with van der Waals surface area (Å²) >= 11 is 0. The Morgan fingerprint density at radius 1 is 1.00 bits per heavy atom. The van der Waals surface area contributed by atoms with Crippen molar-refractivity contribution in [2.75, 3.05) is 7.11 Å². The number of benzene rings is 2. The molecule has 0 spiro atoms. The minimum Gasteiger partial charge on any atom is -0.496 e. The van der Waals surface area contributed by atoms with Crippen molar-refractivity contribution < 1.29 is 19.1 Å². The van der Waals surface area contributed by atoms with Gasteiger partial charge in [-0.15, -0.1) is 0 Å². The standard InChI is InChI=1S/C20H20O4/c1-14(21)15(2)24-20(22)18(16-9-5-4-6-10-16)13-17-11-7-8-12-19(17)23-3/h4-13,15H,1-3H3/b18-13+/t15-/m0/s1. The molecule has 0 unspecified atom stereocenters. The van der Waals surface area contributed by atoms with Crippen molar-refractivity contribution in [3.05, 3.63) is 65.7 Å². The van der Waals surface area contributed by atoms with E-state index in [2.05, 4.69) is 0 Å². The average Bonchev–Trinajstić information content (AvgIpc) is 2.60. The van der Waals surface area contributed by atoms with Crippen molar-refractivity contribution >= 4 is 23.4 Å². The van der Waals surface area contributed by atoms with E-state index >= 15 is 0 Å². The first-order valence-corrected chi connectivity index (χ1v) is 7.64.